The summed E-state index contributed by atoms with van der Waals surface area (Å²) in [5.41, 5.74) is 30.1. The largest absolute Gasteiger partial charge is 0.508 e. The smallest absolute Gasteiger partial charge is 0.305 e. The van der Waals surface area contributed by atoms with E-state index in [1.807, 2.05) is 30.3 Å². The number of aliphatic hydroxyl groups excluding tert-OH is 1. The molecule has 16 atom stereocenters. The number of carbonyl (C=O) groups is 17. The number of rotatable bonds is 39. The number of primary amides is 1. The predicted octanol–water partition coefficient (Wildman–Crippen LogP) is -5.40. The number of aliphatic hydroxyl groups is 1. The summed E-state index contributed by atoms with van der Waals surface area (Å²) in [4.78, 5) is 253. The molecule has 33 N–H and O–H groups in total. The number of guanidine groups is 4. The van der Waals surface area contributed by atoms with E-state index in [2.05, 4.69) is 85.1 Å². The highest BCUT2D eigenvalue weighted by molar-refractivity contribution is 8.76. The maximum absolute atomic E-state index is 15.9. The number of phenols is 1. The molecule has 6 rings (SSSR count). The Morgan fingerprint density at radius 1 is 0.507 bits per heavy atom. The number of methoxy groups -OCH3 is 1. The normalized spacial score (nSPS) is 22.0. The number of phenolic OH excluding ortho intramolecular Hbond substituents is 1. The number of hydrogen-bond acceptors (Lipinski definition) is 26. The number of nitrogens with zero attached hydrogens (tertiary/aromatic N) is 2. The lowest BCUT2D eigenvalue weighted by Gasteiger charge is -2.32. The van der Waals surface area contributed by atoms with E-state index in [0.717, 1.165) is 49.4 Å². The van der Waals surface area contributed by atoms with E-state index in [1.54, 1.807) is 38.1 Å². The van der Waals surface area contributed by atoms with Crippen molar-refractivity contribution < 1.29 is 102 Å². The molecule has 15 amide bonds. The minimum atomic E-state index is -2.02. The standard InChI is InChI=1S/C88H133N27O21S2/c1-7-47(4)69-82(133)108-61(42-116)77(128)106-59(40-50-27-31-53(118)32-28-50)76(127)107-60(41-67(119)120)83(134)114-37-16-24-66(114)80(131)112-68(46(2)3)81(132)110-63(78(129)105-57(21-13-35-100-87(94)95)74(125)103-55(71(89)122)19-11-33-98-85(90)91)44-137-138-45-64(111-75(126)58(22-14-36-101-88(96)97)104-73(124)56(102-48(5)117)20-12-34-99-86(92)93)84(135)115-38-15-23-65(115)79(130)109-62(43-136-6)70(121)54(72(123)113-69)39-49-25-29-52(30-26-49)51-17-9-8-10-18-51/h8-10,17-18,25-32,46-47,54-66,68-69,116,118H,7,11-16,19-24,33-45H2,1-6H3,(H2,89,122)(H,102,117)(H,103,125)(H,104,124)(H,105,129)(H,106,128)(H,107,127)(H,108,133)(H,109,130)(H,110,132)(H,111,126)(H,112,131)(H,113,123)(H,119,120)(H4,90,91,98)(H4,92,93,99)(H4,94,95,100)(H4,96,97,101)/t47-,54-,55-,56-,57-,58-,59-,60-,61-,62-,63-,64-,65-,66-,68-,69-/m0/s1. The number of hydrogen-bond donors (Lipinski definition) is 28. The molecule has 0 spiro atoms. The Morgan fingerprint density at radius 3 is 1.46 bits per heavy atom. The van der Waals surface area contributed by atoms with E-state index in [1.165, 1.54) is 45.2 Å². The molecule has 3 aromatic rings. The van der Waals surface area contributed by atoms with Gasteiger partial charge >= 0.3 is 5.97 Å². The third-order valence-corrected chi connectivity index (χ3v) is 25.5. The molecule has 3 fully saturated rings. The zero-order valence-corrected chi connectivity index (χ0v) is 79.6. The van der Waals surface area contributed by atoms with Crippen LogP contribution < -0.4 is 114 Å². The van der Waals surface area contributed by atoms with Gasteiger partial charge in [0.15, 0.2) is 29.6 Å². The molecule has 0 unspecified atom stereocenters. The van der Waals surface area contributed by atoms with Crippen molar-refractivity contribution in [3.63, 3.8) is 0 Å². The van der Waals surface area contributed by atoms with Gasteiger partial charge in [-0.3, -0.25) is 103 Å². The first-order valence-electron chi connectivity index (χ1n) is 45.4. The topological polar surface area (TPSA) is 785 Å². The number of carboxylic acids is 1. The molecule has 3 saturated heterocycles. The Morgan fingerprint density at radius 2 is 0.957 bits per heavy atom. The van der Waals surface area contributed by atoms with Gasteiger partial charge < -0.3 is 144 Å². The van der Waals surface area contributed by atoms with E-state index >= 15 is 38.4 Å². The number of nitrogens with two attached hydrogens (primary N) is 5. The Kier molecular flexibility index (Phi) is 47.0. The molecular formula is C88H133N27O21S2. The number of nitrogens with one attached hydrogen (secondary N) is 20. The number of amides is 15. The minimum Gasteiger partial charge on any atom is -0.508 e. The average molecular weight is 1970 g/mol. The highest BCUT2D eigenvalue weighted by Gasteiger charge is 2.46. The van der Waals surface area contributed by atoms with E-state index in [0.29, 0.717) is 5.56 Å². The summed E-state index contributed by atoms with van der Waals surface area (Å²) in [6, 6.07) is -2.07. The number of aliphatic carboxylic acids is 1. The number of ketones is 1. The van der Waals surface area contributed by atoms with Crippen LogP contribution in [-0.2, 0) is 99.1 Å². The summed E-state index contributed by atoms with van der Waals surface area (Å²) in [6.07, 6.45) is -2.30. The maximum atomic E-state index is 15.9. The van der Waals surface area contributed by atoms with Crippen LogP contribution >= 0.6 is 21.6 Å². The number of carboxylic acid groups (broad SMARTS) is 1. The fourth-order valence-corrected chi connectivity index (χ4v) is 17.8. The zero-order valence-electron chi connectivity index (χ0n) is 78.0. The average Bonchev–Trinajstić information content (AvgIpc) is 1.64. The van der Waals surface area contributed by atoms with Crippen LogP contribution in [-0.4, -0.2) is 305 Å². The highest BCUT2D eigenvalue weighted by Crippen LogP contribution is 2.29. The van der Waals surface area contributed by atoms with Crippen LogP contribution in [0.4, 0.5) is 0 Å². The highest BCUT2D eigenvalue weighted by atomic mass is 33.1. The van der Waals surface area contributed by atoms with Gasteiger partial charge in [-0.15, -0.1) is 0 Å². The molecule has 0 bridgehead atoms. The van der Waals surface area contributed by atoms with Crippen molar-refractivity contribution in [3.05, 3.63) is 90.0 Å². The summed E-state index contributed by atoms with van der Waals surface area (Å²) in [5.74, 6) is -24.6. The Hall–Kier alpha value is -13.7. The molecule has 0 aromatic heterocycles. The SMILES string of the molecule is CC[C@H](C)[C@@H]1NC(=O)[C@@H](Cc2ccc(-c3ccccc3)cc2)C(=O)[C@H](COC)NC(=O)[C@@H]2CCCN2C(=O)[C@@H](NC(=O)[C@H](CCCNC(=N)N)NC(=O)[C@H](CCCNC(=N)N)NC(C)=O)CSSC[C@@H](C(=O)N[C@@H](CCCNC(=N)N)C(=O)N[C@@H](CCCNC(=N)N)C(N)=O)NC(=O)[C@H](C(C)C)NC(=O)[C@@H]2CCCN2C(=O)[C@H](CC(=O)O)NC(=O)[C@H](Cc2ccc(O)cc2)NC(=O)[C@H](CO)NC1=O. The van der Waals surface area contributed by atoms with Crippen LogP contribution in [0.1, 0.15) is 136 Å². The number of aromatic hydroxyl groups is 1. The van der Waals surface area contributed by atoms with E-state index in [4.69, 9.17) is 55.0 Å². The summed E-state index contributed by atoms with van der Waals surface area (Å²) < 4.78 is 5.58. The van der Waals surface area contributed by atoms with Crippen molar-refractivity contribution in [3.8, 4) is 16.9 Å². The van der Waals surface area contributed by atoms with Gasteiger partial charge in [0.2, 0.25) is 88.6 Å². The molecule has 50 heteroatoms. The first-order valence-corrected chi connectivity index (χ1v) is 47.9. The molecule has 48 nitrogen and oxygen atoms in total. The van der Waals surface area contributed by atoms with Crippen LogP contribution in [0.2, 0.25) is 0 Å². The lowest BCUT2D eigenvalue weighted by atomic mass is 9.88. The van der Waals surface area contributed by atoms with Gasteiger partial charge in [-0.25, -0.2) is 0 Å². The first-order chi connectivity index (χ1) is 65.5. The molecule has 0 saturated carbocycles. The second-order valence-corrected chi connectivity index (χ2v) is 36.6. The zero-order chi connectivity index (χ0) is 102. The lowest BCUT2D eigenvalue weighted by Crippen LogP contribution is -2.62. The van der Waals surface area contributed by atoms with Crippen molar-refractivity contribution in [1.29, 1.82) is 21.6 Å². The Balaban J connectivity index is 1.56. The van der Waals surface area contributed by atoms with Gasteiger partial charge in [0.25, 0.3) is 0 Å². The van der Waals surface area contributed by atoms with E-state index in [9.17, 15) is 58.5 Å². The molecule has 3 aliphatic heterocycles. The van der Waals surface area contributed by atoms with Gasteiger partial charge in [0.1, 0.15) is 96.3 Å². The molecule has 138 heavy (non-hydrogen) atoms. The van der Waals surface area contributed by atoms with Crippen LogP contribution in [0.25, 0.3) is 11.1 Å². The van der Waals surface area contributed by atoms with Crippen molar-refractivity contribution >= 4 is 146 Å². The summed E-state index contributed by atoms with van der Waals surface area (Å²) in [7, 11) is 2.78. The van der Waals surface area contributed by atoms with E-state index in [-0.39, 0.29) is 140 Å². The van der Waals surface area contributed by atoms with Crippen LogP contribution in [0.15, 0.2) is 78.9 Å². The minimum absolute atomic E-state index is 0.00559. The van der Waals surface area contributed by atoms with Crippen LogP contribution in [0.3, 0.4) is 0 Å². The van der Waals surface area contributed by atoms with Gasteiger partial charge in [0.05, 0.1) is 19.6 Å². The number of carbonyl (C=O) groups excluding carboxylic acids is 16. The summed E-state index contributed by atoms with van der Waals surface area (Å²) in [5, 5.41) is 104. The predicted molar refractivity (Wildman–Crippen MR) is 510 cm³/mol. The van der Waals surface area contributed by atoms with Crippen molar-refractivity contribution in [1.82, 2.24) is 94.9 Å². The monoisotopic (exact) mass is 1970 g/mol. The van der Waals surface area contributed by atoms with Crippen molar-refractivity contribution in [2.24, 2.45) is 46.4 Å². The molecule has 3 aliphatic rings. The Labute approximate surface area is 806 Å². The second kappa shape index (κ2) is 57.4. The van der Waals surface area contributed by atoms with Crippen molar-refractivity contribution in [2.75, 3.05) is 71.1 Å². The summed E-state index contributed by atoms with van der Waals surface area (Å²) >= 11 is 0. The second-order valence-electron chi connectivity index (χ2n) is 34.0. The lowest BCUT2D eigenvalue weighted by molar-refractivity contribution is -0.146. The maximum Gasteiger partial charge on any atom is 0.305 e. The van der Waals surface area contributed by atoms with Gasteiger partial charge in [-0.1, -0.05) is 122 Å². The van der Waals surface area contributed by atoms with Crippen LogP contribution in [0.5, 0.6) is 5.75 Å². The van der Waals surface area contributed by atoms with Gasteiger partial charge in [0, 0.05) is 71.2 Å². The third kappa shape index (κ3) is 37.1. The quantitative estimate of drug-likeness (QED) is 0.00833. The Bertz CT molecular complexity index is 4760. The number of ether oxygens (including phenoxy) is 1. The van der Waals surface area contributed by atoms with Gasteiger partial charge in [-0.2, -0.15) is 0 Å². The fourth-order valence-electron chi connectivity index (χ4n) is 15.5. The molecular weight excluding hydrogens is 1840 g/mol. The first kappa shape index (κ1) is 113. The molecule has 0 radical (unpaired) electrons. The number of fused-ring (bicyclic) bond motifs is 2. The molecule has 758 valence electrons. The molecule has 0 aliphatic carbocycles. The summed E-state index contributed by atoms with van der Waals surface area (Å²) in [6.45, 7) is 5.18. The van der Waals surface area contributed by atoms with E-state index < -0.39 is 265 Å². The number of Topliss-reactive ketones (excluding diaryl/α,β-unsaturated/α-hetero) is 1. The number of benzene rings is 3. The fraction of sp³-hybridized carbons (Fsp3) is 0.557. The van der Waals surface area contributed by atoms with Gasteiger partial charge in [-0.05, 0) is 130 Å². The third-order valence-electron chi connectivity index (χ3n) is 23.0. The molecule has 3 heterocycles. The van der Waals surface area contributed by atoms with Crippen molar-refractivity contribution in [2.45, 2.75) is 222 Å². The molecule has 3 aromatic carbocycles. The van der Waals surface area contributed by atoms with Crippen LogP contribution in [0, 0.1) is 39.4 Å².